The smallest absolute Gasteiger partial charge is 0.0233 e. The standard InChI is InChI=1S/C9H16S/c1-7-6-10-9(4,5)8(7,2)3/h6H,1-5H3. The molecule has 1 aliphatic heterocycles. The van der Waals surface area contributed by atoms with Crippen molar-refractivity contribution in [3.05, 3.63) is 11.0 Å². The van der Waals surface area contributed by atoms with Gasteiger partial charge in [0.2, 0.25) is 0 Å². The second-order valence-corrected chi connectivity index (χ2v) is 5.55. The summed E-state index contributed by atoms with van der Waals surface area (Å²) in [5.74, 6) is 0. The SMILES string of the molecule is CC1=CSC(C)(C)C1(C)C. The number of hydrogen-bond donors (Lipinski definition) is 0. The lowest BCUT2D eigenvalue weighted by Gasteiger charge is -2.35. The molecule has 0 unspecified atom stereocenters. The molecule has 10 heavy (non-hydrogen) atoms. The van der Waals surface area contributed by atoms with Crippen molar-refractivity contribution >= 4 is 11.8 Å². The van der Waals surface area contributed by atoms with Crippen LogP contribution in [0.1, 0.15) is 34.6 Å². The van der Waals surface area contributed by atoms with E-state index in [0.717, 1.165) is 0 Å². The molecule has 0 saturated carbocycles. The van der Waals surface area contributed by atoms with Crippen molar-refractivity contribution in [3.63, 3.8) is 0 Å². The van der Waals surface area contributed by atoms with Crippen molar-refractivity contribution in [1.82, 2.24) is 0 Å². The van der Waals surface area contributed by atoms with Gasteiger partial charge in [0.05, 0.1) is 0 Å². The quantitative estimate of drug-likeness (QED) is 0.517. The summed E-state index contributed by atoms with van der Waals surface area (Å²) in [6.45, 7) is 11.5. The van der Waals surface area contributed by atoms with Crippen molar-refractivity contribution in [3.8, 4) is 0 Å². The molecular weight excluding hydrogens is 140 g/mol. The first kappa shape index (κ1) is 8.19. The maximum atomic E-state index is 2.32. The molecule has 0 bridgehead atoms. The average Bonchev–Trinajstić information content (AvgIpc) is 1.94. The van der Waals surface area contributed by atoms with E-state index in [-0.39, 0.29) is 0 Å². The Bertz CT molecular complexity index is 175. The van der Waals surface area contributed by atoms with E-state index in [1.54, 1.807) is 0 Å². The molecule has 0 saturated heterocycles. The normalized spacial score (nSPS) is 28.3. The van der Waals surface area contributed by atoms with Gasteiger partial charge in [-0.3, -0.25) is 0 Å². The Morgan fingerprint density at radius 2 is 1.70 bits per heavy atom. The summed E-state index contributed by atoms with van der Waals surface area (Å²) in [5, 5.41) is 2.29. The van der Waals surface area contributed by atoms with Gasteiger partial charge in [0.15, 0.2) is 0 Å². The fourth-order valence-electron chi connectivity index (χ4n) is 1.01. The predicted molar refractivity (Wildman–Crippen MR) is 49.2 cm³/mol. The van der Waals surface area contributed by atoms with Gasteiger partial charge in [-0.25, -0.2) is 0 Å². The monoisotopic (exact) mass is 156 g/mol. The first-order valence-electron chi connectivity index (χ1n) is 3.73. The Kier molecular flexibility index (Phi) is 1.67. The second kappa shape index (κ2) is 2.04. The van der Waals surface area contributed by atoms with Crippen LogP contribution in [0.15, 0.2) is 11.0 Å². The van der Waals surface area contributed by atoms with Crippen LogP contribution in [0.3, 0.4) is 0 Å². The Hall–Kier alpha value is 0.0900. The highest BCUT2D eigenvalue weighted by Crippen LogP contribution is 2.53. The van der Waals surface area contributed by atoms with Crippen molar-refractivity contribution < 1.29 is 0 Å². The minimum Gasteiger partial charge on any atom is -0.127 e. The van der Waals surface area contributed by atoms with E-state index in [4.69, 9.17) is 0 Å². The first-order chi connectivity index (χ1) is 4.38. The lowest BCUT2D eigenvalue weighted by Crippen LogP contribution is -2.32. The van der Waals surface area contributed by atoms with Crippen molar-refractivity contribution in [1.29, 1.82) is 0 Å². The summed E-state index contributed by atoms with van der Waals surface area (Å²) >= 11 is 1.95. The summed E-state index contributed by atoms with van der Waals surface area (Å²) in [5.41, 5.74) is 1.89. The van der Waals surface area contributed by atoms with Crippen LogP contribution in [0, 0.1) is 5.41 Å². The number of allylic oxidation sites excluding steroid dienone is 1. The molecule has 0 spiro atoms. The third-order valence-electron chi connectivity index (χ3n) is 3.02. The molecule has 0 aromatic rings. The topological polar surface area (TPSA) is 0 Å². The molecule has 0 atom stereocenters. The van der Waals surface area contributed by atoms with Crippen LogP contribution in [0.25, 0.3) is 0 Å². The zero-order valence-electron chi connectivity index (χ0n) is 7.49. The zero-order chi connectivity index (χ0) is 7.99. The van der Waals surface area contributed by atoms with Crippen LogP contribution < -0.4 is 0 Å². The van der Waals surface area contributed by atoms with Crippen LogP contribution in [0.2, 0.25) is 0 Å². The minimum absolute atomic E-state index is 0.373. The van der Waals surface area contributed by atoms with Crippen LogP contribution in [0.5, 0.6) is 0 Å². The van der Waals surface area contributed by atoms with E-state index in [9.17, 15) is 0 Å². The number of rotatable bonds is 0. The van der Waals surface area contributed by atoms with E-state index in [1.165, 1.54) is 5.57 Å². The maximum absolute atomic E-state index is 2.32. The van der Waals surface area contributed by atoms with E-state index < -0.39 is 0 Å². The molecule has 1 rings (SSSR count). The number of thioether (sulfide) groups is 1. The highest BCUT2D eigenvalue weighted by atomic mass is 32.2. The average molecular weight is 156 g/mol. The van der Waals surface area contributed by atoms with E-state index in [0.29, 0.717) is 10.2 Å². The van der Waals surface area contributed by atoms with Gasteiger partial charge in [-0.2, -0.15) is 0 Å². The van der Waals surface area contributed by atoms with Crippen molar-refractivity contribution in [2.24, 2.45) is 5.41 Å². The largest absolute Gasteiger partial charge is 0.127 e. The molecule has 0 aromatic heterocycles. The summed E-state index contributed by atoms with van der Waals surface area (Å²) in [6.07, 6.45) is 0. The molecule has 0 aromatic carbocycles. The van der Waals surface area contributed by atoms with E-state index in [2.05, 4.69) is 40.0 Å². The molecule has 0 radical (unpaired) electrons. The summed E-state index contributed by atoms with van der Waals surface area (Å²) in [6, 6.07) is 0. The molecule has 0 nitrogen and oxygen atoms in total. The van der Waals surface area contributed by atoms with Gasteiger partial charge in [-0.05, 0) is 26.2 Å². The van der Waals surface area contributed by atoms with Crippen LogP contribution >= 0.6 is 11.8 Å². The molecule has 1 heterocycles. The zero-order valence-corrected chi connectivity index (χ0v) is 8.30. The van der Waals surface area contributed by atoms with Crippen molar-refractivity contribution in [2.45, 2.75) is 39.4 Å². The third-order valence-corrected chi connectivity index (χ3v) is 4.59. The molecular formula is C9H16S. The lowest BCUT2D eigenvalue weighted by atomic mass is 9.76. The van der Waals surface area contributed by atoms with Gasteiger partial charge in [-0.15, -0.1) is 11.8 Å². The molecule has 1 heteroatoms. The second-order valence-electron chi connectivity index (χ2n) is 4.05. The van der Waals surface area contributed by atoms with Crippen LogP contribution in [-0.4, -0.2) is 4.75 Å². The van der Waals surface area contributed by atoms with Gasteiger partial charge in [0, 0.05) is 10.2 Å². The molecule has 0 fully saturated rings. The molecule has 1 aliphatic rings. The summed E-state index contributed by atoms with van der Waals surface area (Å²) in [4.78, 5) is 0. The van der Waals surface area contributed by atoms with Gasteiger partial charge in [0.25, 0.3) is 0 Å². The fourth-order valence-corrected chi connectivity index (χ4v) is 2.23. The highest BCUT2D eigenvalue weighted by molar-refractivity contribution is 8.03. The molecule has 58 valence electrons. The van der Waals surface area contributed by atoms with Crippen molar-refractivity contribution in [2.75, 3.05) is 0 Å². The van der Waals surface area contributed by atoms with Gasteiger partial charge < -0.3 is 0 Å². The Morgan fingerprint density at radius 3 is 1.80 bits per heavy atom. The molecule has 0 aliphatic carbocycles. The highest BCUT2D eigenvalue weighted by Gasteiger charge is 2.42. The Balaban J connectivity index is 2.96. The van der Waals surface area contributed by atoms with E-state index >= 15 is 0 Å². The summed E-state index contributed by atoms with van der Waals surface area (Å²) in [7, 11) is 0. The van der Waals surface area contributed by atoms with Crippen LogP contribution in [0.4, 0.5) is 0 Å². The van der Waals surface area contributed by atoms with Gasteiger partial charge in [0.1, 0.15) is 0 Å². The third kappa shape index (κ3) is 0.914. The predicted octanol–water partition coefficient (Wildman–Crippen LogP) is 3.44. The summed E-state index contributed by atoms with van der Waals surface area (Å²) < 4.78 is 0.386. The van der Waals surface area contributed by atoms with Gasteiger partial charge in [-0.1, -0.05) is 19.4 Å². The minimum atomic E-state index is 0.373. The first-order valence-corrected chi connectivity index (χ1v) is 4.61. The maximum Gasteiger partial charge on any atom is 0.0233 e. The lowest BCUT2D eigenvalue weighted by molar-refractivity contribution is 0.357. The molecule has 0 amide bonds. The Labute approximate surface area is 68.1 Å². The fraction of sp³-hybridized carbons (Fsp3) is 0.778. The Morgan fingerprint density at radius 1 is 1.20 bits per heavy atom. The van der Waals surface area contributed by atoms with Crippen LogP contribution in [-0.2, 0) is 0 Å². The van der Waals surface area contributed by atoms with E-state index in [1.807, 2.05) is 11.8 Å². The van der Waals surface area contributed by atoms with Gasteiger partial charge >= 0.3 is 0 Å². The molecule has 0 N–H and O–H groups in total. The number of hydrogen-bond acceptors (Lipinski definition) is 1.